The fraction of sp³-hybridized carbons (Fsp3) is 0.440. The molecule has 166 valence electrons. The van der Waals surface area contributed by atoms with Crippen LogP contribution in [0.5, 0.6) is 0 Å². The average molecular weight is 434 g/mol. The SMILES string of the molecule is CC(NC(=O)c1ccc2c3c(cccc13)N(C1CCC(=O)NC1=O)C2=O)C1CCCCC1. The van der Waals surface area contributed by atoms with Gasteiger partial charge in [0.1, 0.15) is 6.04 Å². The van der Waals surface area contributed by atoms with Crippen LogP contribution in [-0.2, 0) is 9.59 Å². The molecule has 3 aliphatic rings. The summed E-state index contributed by atoms with van der Waals surface area (Å²) >= 11 is 0. The highest BCUT2D eigenvalue weighted by molar-refractivity contribution is 6.29. The van der Waals surface area contributed by atoms with E-state index >= 15 is 0 Å². The van der Waals surface area contributed by atoms with Gasteiger partial charge in [0.15, 0.2) is 0 Å². The zero-order chi connectivity index (χ0) is 22.4. The van der Waals surface area contributed by atoms with Crippen molar-refractivity contribution in [3.8, 4) is 0 Å². The molecule has 7 nitrogen and oxygen atoms in total. The molecule has 2 aromatic rings. The van der Waals surface area contributed by atoms with Crippen molar-refractivity contribution in [1.29, 1.82) is 0 Å². The number of nitrogens with zero attached hydrogens (tertiary/aromatic N) is 1. The van der Waals surface area contributed by atoms with Crippen LogP contribution in [0.4, 0.5) is 5.69 Å². The minimum absolute atomic E-state index is 0.0902. The van der Waals surface area contributed by atoms with Crippen LogP contribution in [0.25, 0.3) is 10.8 Å². The minimum Gasteiger partial charge on any atom is -0.349 e. The van der Waals surface area contributed by atoms with Gasteiger partial charge in [0, 0.05) is 29.0 Å². The van der Waals surface area contributed by atoms with E-state index in [2.05, 4.69) is 17.6 Å². The fourth-order valence-corrected chi connectivity index (χ4v) is 5.48. The van der Waals surface area contributed by atoms with E-state index < -0.39 is 11.9 Å². The molecule has 5 rings (SSSR count). The molecule has 0 bridgehead atoms. The summed E-state index contributed by atoms with van der Waals surface area (Å²) in [6.07, 6.45) is 6.45. The predicted molar refractivity (Wildman–Crippen MR) is 120 cm³/mol. The van der Waals surface area contributed by atoms with Crippen molar-refractivity contribution in [3.63, 3.8) is 0 Å². The Kier molecular flexibility index (Phi) is 5.19. The predicted octanol–water partition coefficient (Wildman–Crippen LogP) is 3.30. The molecule has 4 amide bonds. The molecule has 2 fully saturated rings. The molecule has 0 radical (unpaired) electrons. The van der Waals surface area contributed by atoms with Gasteiger partial charge < -0.3 is 5.32 Å². The topological polar surface area (TPSA) is 95.6 Å². The second kappa shape index (κ2) is 8.04. The van der Waals surface area contributed by atoms with Gasteiger partial charge in [0.2, 0.25) is 11.8 Å². The van der Waals surface area contributed by atoms with E-state index in [-0.39, 0.29) is 36.6 Å². The highest BCUT2D eigenvalue weighted by Crippen LogP contribution is 2.41. The van der Waals surface area contributed by atoms with E-state index in [9.17, 15) is 19.2 Å². The van der Waals surface area contributed by atoms with Crippen molar-refractivity contribution in [1.82, 2.24) is 10.6 Å². The maximum Gasteiger partial charge on any atom is 0.259 e. The normalized spacial score (nSPS) is 22.2. The Morgan fingerprint density at radius 1 is 1.06 bits per heavy atom. The van der Waals surface area contributed by atoms with E-state index in [1.54, 1.807) is 24.3 Å². The fourth-order valence-electron chi connectivity index (χ4n) is 5.48. The van der Waals surface area contributed by atoms with Gasteiger partial charge in [0.05, 0.1) is 5.69 Å². The van der Waals surface area contributed by atoms with Crippen molar-refractivity contribution in [3.05, 3.63) is 41.5 Å². The average Bonchev–Trinajstić information content (AvgIpc) is 3.08. The van der Waals surface area contributed by atoms with E-state index in [1.165, 1.54) is 24.2 Å². The van der Waals surface area contributed by atoms with Crippen LogP contribution in [0.1, 0.15) is 72.6 Å². The summed E-state index contributed by atoms with van der Waals surface area (Å²) in [6.45, 7) is 2.07. The number of piperidine rings is 1. The second-order valence-corrected chi connectivity index (χ2v) is 9.16. The molecule has 1 saturated heterocycles. The van der Waals surface area contributed by atoms with Gasteiger partial charge in [-0.15, -0.1) is 0 Å². The molecule has 0 spiro atoms. The molecule has 2 aliphatic heterocycles. The number of benzene rings is 2. The van der Waals surface area contributed by atoms with Gasteiger partial charge in [-0.05, 0) is 55.7 Å². The number of hydrogen-bond acceptors (Lipinski definition) is 4. The second-order valence-electron chi connectivity index (χ2n) is 9.16. The number of imide groups is 1. The van der Waals surface area contributed by atoms with Crippen LogP contribution in [0.3, 0.4) is 0 Å². The molecule has 2 atom stereocenters. The van der Waals surface area contributed by atoms with Gasteiger partial charge in [-0.1, -0.05) is 31.4 Å². The van der Waals surface area contributed by atoms with Crippen LogP contribution in [0.2, 0.25) is 0 Å². The lowest BCUT2D eigenvalue weighted by atomic mass is 9.84. The Labute approximate surface area is 186 Å². The molecule has 1 aliphatic carbocycles. The van der Waals surface area contributed by atoms with Gasteiger partial charge in [-0.2, -0.15) is 0 Å². The molecule has 2 aromatic carbocycles. The van der Waals surface area contributed by atoms with Crippen LogP contribution >= 0.6 is 0 Å². The lowest BCUT2D eigenvalue weighted by Gasteiger charge is -2.30. The summed E-state index contributed by atoms with van der Waals surface area (Å²) in [6, 6.07) is 8.20. The third-order valence-corrected chi connectivity index (χ3v) is 7.21. The van der Waals surface area contributed by atoms with Gasteiger partial charge in [0.25, 0.3) is 11.8 Å². The van der Waals surface area contributed by atoms with Crippen molar-refractivity contribution in [2.24, 2.45) is 5.92 Å². The third-order valence-electron chi connectivity index (χ3n) is 7.21. The number of rotatable bonds is 4. The minimum atomic E-state index is -0.734. The molecule has 2 heterocycles. The van der Waals surface area contributed by atoms with E-state index in [0.717, 1.165) is 12.8 Å². The Morgan fingerprint density at radius 2 is 1.84 bits per heavy atom. The molecular formula is C25H27N3O4. The lowest BCUT2D eigenvalue weighted by molar-refractivity contribution is -0.134. The Balaban J connectivity index is 1.48. The van der Waals surface area contributed by atoms with Crippen molar-refractivity contribution in [2.45, 2.75) is 64.0 Å². The van der Waals surface area contributed by atoms with Gasteiger partial charge >= 0.3 is 0 Å². The Bertz CT molecular complexity index is 1140. The summed E-state index contributed by atoms with van der Waals surface area (Å²) in [7, 11) is 0. The van der Waals surface area contributed by atoms with Crippen molar-refractivity contribution >= 4 is 40.1 Å². The van der Waals surface area contributed by atoms with E-state index in [4.69, 9.17) is 0 Å². The highest BCUT2D eigenvalue weighted by atomic mass is 16.2. The number of carbonyl (C=O) groups is 4. The third kappa shape index (κ3) is 3.36. The summed E-state index contributed by atoms with van der Waals surface area (Å²) in [5, 5.41) is 6.91. The number of anilines is 1. The molecule has 0 aromatic heterocycles. The maximum absolute atomic E-state index is 13.2. The first kappa shape index (κ1) is 20.7. The first-order chi connectivity index (χ1) is 15.5. The Morgan fingerprint density at radius 3 is 2.59 bits per heavy atom. The number of hydrogen-bond donors (Lipinski definition) is 2. The molecule has 2 unspecified atom stereocenters. The monoisotopic (exact) mass is 433 g/mol. The molecule has 32 heavy (non-hydrogen) atoms. The van der Waals surface area contributed by atoms with Crippen LogP contribution in [0.15, 0.2) is 30.3 Å². The number of amides is 4. The molecule has 2 N–H and O–H groups in total. The van der Waals surface area contributed by atoms with Crippen LogP contribution in [0, 0.1) is 5.92 Å². The first-order valence-corrected chi connectivity index (χ1v) is 11.5. The maximum atomic E-state index is 13.2. The zero-order valence-corrected chi connectivity index (χ0v) is 18.1. The van der Waals surface area contributed by atoms with E-state index in [1.807, 2.05) is 6.07 Å². The van der Waals surface area contributed by atoms with Gasteiger partial charge in [-0.25, -0.2) is 0 Å². The van der Waals surface area contributed by atoms with E-state index in [0.29, 0.717) is 33.5 Å². The van der Waals surface area contributed by atoms with Crippen LogP contribution < -0.4 is 15.5 Å². The Hall–Kier alpha value is -3.22. The number of carbonyl (C=O) groups excluding carboxylic acids is 4. The quantitative estimate of drug-likeness (QED) is 0.723. The lowest BCUT2D eigenvalue weighted by Crippen LogP contribution is -2.53. The van der Waals surface area contributed by atoms with Crippen LogP contribution in [-0.4, -0.2) is 35.7 Å². The van der Waals surface area contributed by atoms with Crippen molar-refractivity contribution in [2.75, 3.05) is 4.90 Å². The highest BCUT2D eigenvalue weighted by Gasteiger charge is 2.41. The summed E-state index contributed by atoms with van der Waals surface area (Å²) in [4.78, 5) is 51.9. The number of nitrogens with one attached hydrogen (secondary N) is 2. The van der Waals surface area contributed by atoms with Crippen molar-refractivity contribution < 1.29 is 19.2 Å². The summed E-state index contributed by atoms with van der Waals surface area (Å²) < 4.78 is 0. The smallest absolute Gasteiger partial charge is 0.259 e. The molecule has 1 saturated carbocycles. The molecular weight excluding hydrogens is 406 g/mol. The standard InChI is InChI=1S/C25H27N3O4/c1-14(15-6-3-2-4-7-15)26-23(30)17-10-11-18-22-16(17)8-5-9-19(22)28(25(18)32)20-12-13-21(29)27-24(20)31/h5,8-11,14-15,20H,2-4,6-7,12-13H2,1H3,(H,26,30)(H,27,29,31). The van der Waals surface area contributed by atoms with Gasteiger partial charge in [-0.3, -0.25) is 29.4 Å². The summed E-state index contributed by atoms with van der Waals surface area (Å²) in [5.74, 6) is -0.695. The largest absolute Gasteiger partial charge is 0.349 e. The zero-order valence-electron chi connectivity index (χ0n) is 18.1. The summed E-state index contributed by atoms with van der Waals surface area (Å²) in [5.41, 5.74) is 1.63. The molecule has 7 heteroatoms. The first-order valence-electron chi connectivity index (χ1n) is 11.5.